The van der Waals surface area contributed by atoms with Crippen LogP contribution in [0.3, 0.4) is 0 Å². The summed E-state index contributed by atoms with van der Waals surface area (Å²) in [6.45, 7) is 18.8. The predicted octanol–water partition coefficient (Wildman–Crippen LogP) is 1.33. The van der Waals surface area contributed by atoms with Crippen LogP contribution in [0.5, 0.6) is 0 Å². The van der Waals surface area contributed by atoms with Gasteiger partial charge in [0.2, 0.25) is 17.7 Å². The fourth-order valence-corrected chi connectivity index (χ4v) is 4.14. The Morgan fingerprint density at radius 3 is 1.66 bits per heavy atom. The van der Waals surface area contributed by atoms with Crippen LogP contribution in [-0.2, 0) is 37.1 Å². The van der Waals surface area contributed by atoms with Gasteiger partial charge in [0.05, 0.1) is 18.4 Å². The first-order valence-electron chi connectivity index (χ1n) is 14.7. The summed E-state index contributed by atoms with van der Waals surface area (Å²) >= 11 is 0. The topological polar surface area (TPSA) is 149 Å². The van der Waals surface area contributed by atoms with Crippen molar-refractivity contribution in [2.45, 2.75) is 66.6 Å². The Kier molecular flexibility index (Phi) is 25.7. The van der Waals surface area contributed by atoms with Gasteiger partial charge in [0.25, 0.3) is 0 Å². The third kappa shape index (κ3) is 20.1. The van der Waals surface area contributed by atoms with Gasteiger partial charge in [-0.05, 0) is 29.4 Å². The van der Waals surface area contributed by atoms with Gasteiger partial charge in [-0.15, -0.1) is 0 Å². The number of nitrogens with zero attached hydrogens (tertiary/aromatic N) is 1. The number of carbonyl (C=O) groups is 5. The minimum atomic E-state index is -0.595. The van der Waals surface area contributed by atoms with E-state index in [0.717, 1.165) is 17.5 Å². The molecule has 0 radical (unpaired) electrons. The fourth-order valence-electron chi connectivity index (χ4n) is 4.14. The molecule has 5 amide bonds. The zero-order chi connectivity index (χ0) is 31.7. The van der Waals surface area contributed by atoms with Gasteiger partial charge in [-0.1, -0.05) is 65.3 Å². The number of hydrogen-bond acceptors (Lipinski definition) is 6. The van der Waals surface area contributed by atoms with Gasteiger partial charge in [-0.25, -0.2) is 0 Å². The number of rotatable bonds is 19. The van der Waals surface area contributed by atoms with E-state index in [-0.39, 0.29) is 122 Å². The van der Waals surface area contributed by atoms with Crippen LogP contribution < -0.4 is 26.6 Å². The minimum Gasteiger partial charge on any atom is -0.380 e. The summed E-state index contributed by atoms with van der Waals surface area (Å²) in [6, 6.07) is 6.95. The molecule has 1 aromatic rings. The van der Waals surface area contributed by atoms with Crippen LogP contribution in [0.2, 0.25) is 0 Å². The van der Waals surface area contributed by atoms with Crippen LogP contribution in [0, 0.1) is 111 Å². The molecule has 0 aromatic heterocycles. The zero-order valence-electron chi connectivity index (χ0n) is 26.6. The Morgan fingerprint density at radius 2 is 1.23 bits per heavy atom. The van der Waals surface area contributed by atoms with Crippen LogP contribution in [0.1, 0.15) is 58.6 Å². The quantitative estimate of drug-likeness (QED) is 0.133. The first-order chi connectivity index (χ1) is 19.8. The van der Waals surface area contributed by atoms with Gasteiger partial charge >= 0.3 is 0 Å². The van der Waals surface area contributed by atoms with Crippen molar-refractivity contribution in [3.05, 3.63) is 49.2 Å². The molecule has 3 atom stereocenters. The molecule has 44 heavy (non-hydrogen) atoms. The van der Waals surface area contributed by atoms with Crippen LogP contribution in [-0.4, -0.2) is 73.2 Å². The summed E-state index contributed by atoms with van der Waals surface area (Å²) in [5, 5.41) is 14.0. The molecule has 252 valence electrons. The maximum atomic E-state index is 13.0. The molecule has 0 aliphatic carbocycles. The molecule has 0 aliphatic rings. The molecule has 0 fully saturated rings. The number of nitrogens with one attached hydrogen (secondary N) is 5. The van der Waals surface area contributed by atoms with E-state index in [1.165, 1.54) is 0 Å². The van der Waals surface area contributed by atoms with Crippen LogP contribution in [0.4, 0.5) is 0 Å². The van der Waals surface area contributed by atoms with Gasteiger partial charge in [-0.2, -0.15) is 0 Å². The van der Waals surface area contributed by atoms with Crippen molar-refractivity contribution in [1.82, 2.24) is 31.5 Å². The molecule has 0 saturated heterocycles. The standard InChI is InChI=1S/C31H50N6O5.2Gd/c1-8-22(4)23(5)30(41)36-28(17-21(2)3)31(42)35-19-27-11-9-26(10-12-27)18-34-29(40)20-37(15-13-32-24(6)38)16-14-33-25(7)39;;/h9-12,21-23,28H,6-8,13-20H2,1-5H3,(H,32,38)(H,33,39)(H,34,40)(H,35,42)(H,36,41);;/q-2;;/t22?,23-,28-;;/m0../s1. The molecule has 11 nitrogen and oxygen atoms in total. The van der Waals surface area contributed by atoms with Crippen molar-refractivity contribution in [3.63, 3.8) is 0 Å². The molecule has 1 rings (SSSR count). The average molecular weight is 901 g/mol. The van der Waals surface area contributed by atoms with Crippen molar-refractivity contribution in [2.75, 3.05) is 32.7 Å². The monoisotopic (exact) mass is 902 g/mol. The number of carbonyl (C=O) groups excluding carboxylic acids is 5. The van der Waals surface area contributed by atoms with Crippen molar-refractivity contribution >= 4 is 29.5 Å². The Labute approximate surface area is 327 Å². The summed E-state index contributed by atoms with van der Waals surface area (Å²) < 4.78 is 0. The van der Waals surface area contributed by atoms with Crippen molar-refractivity contribution < 1.29 is 104 Å². The predicted molar refractivity (Wildman–Crippen MR) is 163 cm³/mol. The minimum absolute atomic E-state index is 0. The number of hydrogen-bond donors (Lipinski definition) is 5. The van der Waals surface area contributed by atoms with E-state index in [0.29, 0.717) is 45.7 Å². The van der Waals surface area contributed by atoms with Crippen molar-refractivity contribution in [3.8, 4) is 0 Å². The van der Waals surface area contributed by atoms with Gasteiger partial charge < -0.3 is 50.0 Å². The van der Waals surface area contributed by atoms with Gasteiger partial charge in [-0.3, -0.25) is 19.3 Å². The van der Waals surface area contributed by atoms with E-state index >= 15 is 0 Å². The summed E-state index contributed by atoms with van der Waals surface area (Å²) in [5.41, 5.74) is 1.79. The third-order valence-electron chi connectivity index (χ3n) is 7.10. The molecule has 5 N–H and O–H groups in total. The van der Waals surface area contributed by atoms with Gasteiger partial charge in [0, 0.05) is 125 Å². The van der Waals surface area contributed by atoms with Crippen LogP contribution >= 0.6 is 0 Å². The molecule has 0 spiro atoms. The summed E-state index contributed by atoms with van der Waals surface area (Å²) in [5.74, 6) is -1.01. The molecule has 1 unspecified atom stereocenters. The Balaban J connectivity index is 0. The summed E-state index contributed by atoms with van der Waals surface area (Å²) in [4.78, 5) is 62.1. The van der Waals surface area contributed by atoms with E-state index in [1.807, 2.05) is 63.8 Å². The second-order valence-electron chi connectivity index (χ2n) is 11.2. The maximum absolute atomic E-state index is 13.0. The van der Waals surface area contributed by atoms with Gasteiger partial charge in [0.1, 0.15) is 6.04 Å². The summed E-state index contributed by atoms with van der Waals surface area (Å²) in [6.07, 6.45) is 1.44. The zero-order valence-corrected chi connectivity index (χ0v) is 31.1. The molecule has 0 aliphatic heterocycles. The van der Waals surface area contributed by atoms with E-state index in [1.54, 1.807) is 0 Å². The fraction of sp³-hybridized carbons (Fsp3) is 0.581. The molecular weight excluding hydrogens is 851 g/mol. The van der Waals surface area contributed by atoms with Crippen LogP contribution in [0.15, 0.2) is 24.3 Å². The molecular formula is C31H50Gd2N6O5-2. The molecule has 0 bridgehead atoms. The number of amides is 5. The second-order valence-corrected chi connectivity index (χ2v) is 11.2. The smallest absolute Gasteiger partial charge is 0.242 e. The largest absolute Gasteiger partial charge is 0.380 e. The first-order valence-corrected chi connectivity index (χ1v) is 14.7. The second kappa shape index (κ2) is 25.1. The molecule has 0 heterocycles. The Hall–Kier alpha value is -1.08. The maximum Gasteiger partial charge on any atom is 0.242 e. The van der Waals surface area contributed by atoms with E-state index in [9.17, 15) is 24.0 Å². The normalized spacial score (nSPS) is 12.5. The molecule has 1 aromatic carbocycles. The van der Waals surface area contributed by atoms with E-state index in [2.05, 4.69) is 40.4 Å². The molecule has 0 saturated carbocycles. The molecule has 13 heteroatoms. The third-order valence-corrected chi connectivity index (χ3v) is 7.10. The Morgan fingerprint density at radius 1 is 0.750 bits per heavy atom. The Bertz CT molecular complexity index is 1010. The average Bonchev–Trinajstić information content (AvgIpc) is 2.93. The van der Waals surface area contributed by atoms with Gasteiger partial charge in [0.15, 0.2) is 0 Å². The van der Waals surface area contributed by atoms with E-state index in [4.69, 9.17) is 0 Å². The van der Waals surface area contributed by atoms with Crippen LogP contribution in [0.25, 0.3) is 0 Å². The number of benzene rings is 1. The van der Waals surface area contributed by atoms with Crippen molar-refractivity contribution in [1.29, 1.82) is 0 Å². The first kappa shape index (κ1) is 45.0. The SMILES string of the molecule is [CH2-]C(=O)NCCN(CCNC([CH2-])=O)CC(=O)NCc1ccc(CNC(=O)[C@H](CC(C)C)NC(=O)[C@@H](C)C(C)CC)cc1.[Gd].[Gd]. The van der Waals surface area contributed by atoms with E-state index < -0.39 is 17.9 Å². The van der Waals surface area contributed by atoms with Crippen molar-refractivity contribution in [2.24, 2.45) is 17.8 Å². The summed E-state index contributed by atoms with van der Waals surface area (Å²) in [7, 11) is 0.